The van der Waals surface area contributed by atoms with Crippen molar-refractivity contribution in [1.29, 1.82) is 0 Å². The molecule has 0 bridgehead atoms. The number of phenols is 1. The van der Waals surface area contributed by atoms with Crippen molar-refractivity contribution in [3.05, 3.63) is 59.2 Å². The maximum Gasteiger partial charge on any atom is 0.300 e. The molecule has 7 N–H and O–H groups in total. The van der Waals surface area contributed by atoms with Gasteiger partial charge >= 0.3 is 0 Å². The lowest BCUT2D eigenvalue weighted by Crippen LogP contribution is -2.22. The second kappa shape index (κ2) is 18.7. The van der Waals surface area contributed by atoms with Crippen LogP contribution in [0.25, 0.3) is 0 Å². The van der Waals surface area contributed by atoms with Crippen molar-refractivity contribution >= 4 is 16.0 Å². The van der Waals surface area contributed by atoms with Gasteiger partial charge in [-0.05, 0) is 67.6 Å². The first-order chi connectivity index (χ1) is 18.0. The Kier molecular flexibility index (Phi) is 16.5. The summed E-state index contributed by atoms with van der Waals surface area (Å²) in [7, 11) is -3.66. The van der Waals surface area contributed by atoms with Crippen molar-refractivity contribution < 1.29 is 38.4 Å². The van der Waals surface area contributed by atoms with Gasteiger partial charge in [-0.2, -0.15) is 0 Å². The number of aliphatic carboxylic acids is 1. The molecule has 10 nitrogen and oxygen atoms in total. The van der Waals surface area contributed by atoms with E-state index >= 15 is 0 Å². The van der Waals surface area contributed by atoms with Crippen molar-refractivity contribution in [3.8, 4) is 5.75 Å². The molecule has 0 aliphatic heterocycles. The van der Waals surface area contributed by atoms with Crippen LogP contribution in [0, 0.1) is 0 Å². The highest BCUT2D eigenvalue weighted by molar-refractivity contribution is 7.89. The van der Waals surface area contributed by atoms with Gasteiger partial charge in [0.25, 0.3) is 5.97 Å². The Bertz CT molecular complexity index is 1060. The number of carboxylic acids is 1. The van der Waals surface area contributed by atoms with E-state index in [1.807, 2.05) is 6.07 Å². The molecule has 2 aromatic carbocycles. The third kappa shape index (κ3) is 15.0. The molecule has 0 saturated carbocycles. The number of benzene rings is 2. The lowest BCUT2D eigenvalue weighted by Gasteiger charge is -2.14. The van der Waals surface area contributed by atoms with Gasteiger partial charge in [0, 0.05) is 32.2 Å². The number of aliphatic hydroxyl groups is 2. The van der Waals surface area contributed by atoms with E-state index in [2.05, 4.69) is 5.32 Å². The van der Waals surface area contributed by atoms with Crippen LogP contribution in [-0.2, 0) is 32.6 Å². The number of aryl methyl sites for hydroxylation is 1. The SMILES string of the molecule is CC(=O)O.NS(=O)(=O)c1cccc(CCCOCCCCCCCNC[C@H](O)c2ccc(O)c(CO)c2)c1. The molecule has 38 heavy (non-hydrogen) atoms. The van der Waals surface area contributed by atoms with Crippen LogP contribution in [0.3, 0.4) is 0 Å². The van der Waals surface area contributed by atoms with E-state index in [1.165, 1.54) is 12.1 Å². The average Bonchev–Trinajstić information content (AvgIpc) is 2.86. The standard InChI is InChI=1S/C25H38N2O6S.C2H4O2/c26-34(31,32)23-10-6-8-20(16-23)9-7-15-33-14-5-3-1-2-4-13-27-18-25(30)21-11-12-24(29)22(17-21)19-28;1-2(3)4/h6,8,10-12,16-17,25,27-30H,1-5,7,9,13-15,18-19H2,(H2,26,31,32);1H3,(H,3,4)/t25-;/m0./s1. The van der Waals surface area contributed by atoms with Crippen molar-refractivity contribution in [1.82, 2.24) is 5.32 Å². The smallest absolute Gasteiger partial charge is 0.300 e. The van der Waals surface area contributed by atoms with Crippen molar-refractivity contribution in [2.45, 2.75) is 69.5 Å². The summed E-state index contributed by atoms with van der Waals surface area (Å²) in [6, 6.07) is 11.5. The summed E-state index contributed by atoms with van der Waals surface area (Å²) in [5.74, 6) is -0.801. The first kappa shape index (κ1) is 33.5. The Morgan fingerprint density at radius 1 is 1.03 bits per heavy atom. The molecule has 2 rings (SSSR count). The second-order valence-electron chi connectivity index (χ2n) is 8.96. The largest absolute Gasteiger partial charge is 0.508 e. The van der Waals surface area contributed by atoms with Crippen molar-refractivity contribution in [2.24, 2.45) is 5.14 Å². The molecule has 0 amide bonds. The quantitative estimate of drug-likeness (QED) is 0.160. The molecule has 0 heterocycles. The number of primary sulfonamides is 1. The Labute approximate surface area is 225 Å². The lowest BCUT2D eigenvalue weighted by atomic mass is 10.1. The molecule has 11 heteroatoms. The lowest BCUT2D eigenvalue weighted by molar-refractivity contribution is -0.134. The monoisotopic (exact) mass is 554 g/mol. The summed E-state index contributed by atoms with van der Waals surface area (Å²) in [5.41, 5.74) is 2.02. The number of sulfonamides is 1. The molecule has 2 aromatic rings. The highest BCUT2D eigenvalue weighted by atomic mass is 32.2. The first-order valence-corrected chi connectivity index (χ1v) is 14.3. The van der Waals surface area contributed by atoms with E-state index in [0.717, 1.165) is 70.6 Å². The highest BCUT2D eigenvalue weighted by Gasteiger charge is 2.10. The maximum atomic E-state index is 11.4. The third-order valence-corrected chi connectivity index (χ3v) is 6.53. The van der Waals surface area contributed by atoms with Gasteiger partial charge in [0.2, 0.25) is 10.0 Å². The van der Waals surface area contributed by atoms with Crippen LogP contribution in [0.2, 0.25) is 0 Å². The predicted octanol–water partition coefficient (Wildman–Crippen LogP) is 2.85. The molecule has 0 fully saturated rings. The van der Waals surface area contributed by atoms with Crippen LogP contribution in [0.1, 0.15) is 68.2 Å². The Morgan fingerprint density at radius 3 is 2.37 bits per heavy atom. The average molecular weight is 555 g/mol. The van der Waals surface area contributed by atoms with E-state index < -0.39 is 22.1 Å². The van der Waals surface area contributed by atoms with Crippen LogP contribution in [0.4, 0.5) is 0 Å². The molecule has 0 unspecified atom stereocenters. The summed E-state index contributed by atoms with van der Waals surface area (Å²) < 4.78 is 28.5. The van der Waals surface area contributed by atoms with Gasteiger partial charge in [0.15, 0.2) is 0 Å². The molecule has 0 aromatic heterocycles. The summed E-state index contributed by atoms with van der Waals surface area (Å²) in [4.78, 5) is 9.14. The molecular formula is C27H42N2O8S. The molecule has 1 atom stereocenters. The molecular weight excluding hydrogens is 512 g/mol. The molecule has 214 valence electrons. The van der Waals surface area contributed by atoms with Crippen molar-refractivity contribution in [3.63, 3.8) is 0 Å². The van der Waals surface area contributed by atoms with Crippen LogP contribution in [-0.4, -0.2) is 61.1 Å². The number of carbonyl (C=O) groups is 1. The van der Waals surface area contributed by atoms with Gasteiger partial charge in [0.05, 0.1) is 17.6 Å². The zero-order chi connectivity index (χ0) is 28.4. The number of nitrogens with two attached hydrogens (primary N) is 1. The van der Waals surface area contributed by atoms with Gasteiger partial charge < -0.3 is 30.5 Å². The number of hydrogen-bond acceptors (Lipinski definition) is 8. The third-order valence-electron chi connectivity index (χ3n) is 5.62. The van der Waals surface area contributed by atoms with E-state index in [1.54, 1.807) is 24.3 Å². The zero-order valence-corrected chi connectivity index (χ0v) is 22.8. The number of rotatable bonds is 17. The number of hydrogen-bond donors (Lipinski definition) is 6. The summed E-state index contributed by atoms with van der Waals surface area (Å²) in [6.07, 6.45) is 6.29. The van der Waals surface area contributed by atoms with Crippen molar-refractivity contribution in [2.75, 3.05) is 26.3 Å². The van der Waals surface area contributed by atoms with Crippen LogP contribution in [0.5, 0.6) is 5.75 Å². The van der Waals surface area contributed by atoms with E-state index in [4.69, 9.17) is 19.8 Å². The topological polar surface area (TPSA) is 179 Å². The molecule has 0 aliphatic carbocycles. The predicted molar refractivity (Wildman–Crippen MR) is 145 cm³/mol. The maximum absolute atomic E-state index is 11.4. The van der Waals surface area contributed by atoms with E-state index in [-0.39, 0.29) is 17.3 Å². The fraction of sp³-hybridized carbons (Fsp3) is 0.519. The number of aliphatic hydroxyl groups excluding tert-OH is 2. The van der Waals surface area contributed by atoms with Gasteiger partial charge in [-0.1, -0.05) is 37.5 Å². The van der Waals surface area contributed by atoms with Crippen LogP contribution < -0.4 is 10.5 Å². The second-order valence-corrected chi connectivity index (χ2v) is 10.5. The fourth-order valence-electron chi connectivity index (χ4n) is 3.64. The number of ether oxygens (including phenoxy) is 1. The molecule has 0 spiro atoms. The first-order valence-electron chi connectivity index (χ1n) is 12.7. The number of unbranched alkanes of at least 4 members (excludes halogenated alkanes) is 4. The zero-order valence-electron chi connectivity index (χ0n) is 22.0. The van der Waals surface area contributed by atoms with Gasteiger partial charge in [-0.3, -0.25) is 4.79 Å². The minimum absolute atomic E-state index is 0.0324. The van der Waals surface area contributed by atoms with Gasteiger partial charge in [-0.25, -0.2) is 13.6 Å². The molecule has 0 saturated heterocycles. The summed E-state index contributed by atoms with van der Waals surface area (Å²) >= 11 is 0. The number of aromatic hydroxyl groups is 1. The minimum atomic E-state index is -3.66. The number of nitrogens with one attached hydrogen (secondary N) is 1. The summed E-state index contributed by atoms with van der Waals surface area (Å²) in [5, 5.41) is 44.9. The van der Waals surface area contributed by atoms with E-state index in [9.17, 15) is 23.7 Å². The Morgan fingerprint density at radius 2 is 1.68 bits per heavy atom. The highest BCUT2D eigenvalue weighted by Crippen LogP contribution is 2.22. The normalized spacial score (nSPS) is 12.0. The Balaban J connectivity index is 0.00000168. The van der Waals surface area contributed by atoms with Crippen LogP contribution >= 0.6 is 0 Å². The van der Waals surface area contributed by atoms with E-state index in [0.29, 0.717) is 24.3 Å². The van der Waals surface area contributed by atoms with Crippen LogP contribution in [0.15, 0.2) is 47.4 Å². The fourth-order valence-corrected chi connectivity index (χ4v) is 4.22. The van der Waals surface area contributed by atoms with Gasteiger partial charge in [-0.15, -0.1) is 0 Å². The van der Waals surface area contributed by atoms with Gasteiger partial charge in [0.1, 0.15) is 5.75 Å². The Hall–Kier alpha value is -2.54. The molecule has 0 aliphatic rings. The summed E-state index contributed by atoms with van der Waals surface area (Å²) in [6.45, 7) is 3.45. The molecule has 0 radical (unpaired) electrons. The number of carboxylic acid groups (broad SMARTS) is 1. The minimum Gasteiger partial charge on any atom is -0.508 e.